The Morgan fingerprint density at radius 1 is 0.233 bits per heavy atom. The maximum absolute atomic E-state index is 6.25. The van der Waals surface area contributed by atoms with Crippen molar-refractivity contribution in [3.63, 3.8) is 0 Å². The third-order valence-corrected chi connectivity index (χ3v) is 0. The summed E-state index contributed by atoms with van der Waals surface area (Å²) in [4.78, 5) is 0. The Kier molecular flexibility index (Phi) is 33600. The molecule has 0 aromatic carbocycles. The van der Waals surface area contributed by atoms with Gasteiger partial charge in [-0.3, -0.25) is 0 Å². The van der Waals surface area contributed by atoms with Crippen molar-refractivity contribution in [2.45, 2.75) is 0 Å². The summed E-state index contributed by atoms with van der Waals surface area (Å²) < 4.78 is 0. The van der Waals surface area contributed by atoms with Crippen molar-refractivity contribution in [3.05, 3.63) is 78.9 Å². The predicted molar refractivity (Wildman–Crippen MR) is 60.7 cm³/mol. The fourth-order valence-corrected chi connectivity index (χ4v) is 0. The Balaban J connectivity index is -0.00000000292. The third-order valence-electron chi connectivity index (χ3n) is 0. The van der Waals surface area contributed by atoms with Crippen molar-refractivity contribution >= 4 is 0 Å². The van der Waals surface area contributed by atoms with E-state index in [1.165, 1.54) is 0 Å². The van der Waals surface area contributed by atoms with E-state index in [0.717, 1.165) is 0 Å². The number of hydrogen-bond acceptors (Lipinski definition) is 12. The molecule has 0 atom stereocenters. The van der Waals surface area contributed by atoms with E-state index in [2.05, 4.69) is 0 Å². The van der Waals surface area contributed by atoms with E-state index in [9.17, 15) is 0 Å². The first-order chi connectivity index (χ1) is 12.0. The average molecular weight is 641 g/mol. The quantitative estimate of drug-likeness (QED) is 0.211. The Hall–Kier alpha value is -1.93. The second kappa shape index (κ2) is 4970. The van der Waals surface area contributed by atoms with Crippen LogP contribution in [0.5, 0.6) is 0 Å². The van der Waals surface area contributed by atoms with Gasteiger partial charge in [0.2, 0.25) is 0 Å². The molecule has 0 saturated heterocycles. The van der Waals surface area contributed by atoms with Crippen LogP contribution in [0.3, 0.4) is 0 Å². The molecule has 0 spiro atoms. The molecule has 0 aromatic heterocycles. The van der Waals surface area contributed by atoms with Gasteiger partial charge in [0.25, 0.3) is 0 Å². The Morgan fingerprint density at radius 2 is 0.233 bits per heavy atom. The maximum Gasteiger partial charge on any atom is 3.00 e. The summed E-state index contributed by atoms with van der Waals surface area (Å²) in [6, 6.07) is 0. The van der Waals surface area contributed by atoms with E-state index in [1.54, 1.807) is 0 Å². The maximum atomic E-state index is 6.25. The normalized spacial score (nSPS) is 0.800. The summed E-state index contributed by atoms with van der Waals surface area (Å²) in [5, 5.41) is 75.0. The predicted octanol–water partition coefficient (Wildman–Crippen LogP) is -1.74. The Morgan fingerprint density at radius 3 is 0.233 bits per heavy atom. The van der Waals surface area contributed by atoms with Crippen LogP contribution in [0.1, 0.15) is 1.43 Å². The summed E-state index contributed by atoms with van der Waals surface area (Å²) >= 11 is 0. The van der Waals surface area contributed by atoms with Crippen molar-refractivity contribution < 1.29 is 137 Å². The first kappa shape index (κ1) is 203. The second-order valence-electron chi connectivity index (χ2n) is 0. The van der Waals surface area contributed by atoms with Gasteiger partial charge in [0.1, 0.15) is 0 Å². The van der Waals surface area contributed by atoms with E-state index in [1.807, 2.05) is 0 Å². The van der Waals surface area contributed by atoms with Crippen LogP contribution in [0, 0.1) is 142 Å². The zero-order valence-corrected chi connectivity index (χ0v) is 22.5. The monoisotopic (exact) mass is 641 g/mol. The van der Waals surface area contributed by atoms with Crippen molar-refractivity contribution in [3.8, 4) is 0 Å². The minimum absolute atomic E-state index is 0. The molecule has 0 unspecified atom stereocenters. The summed E-state index contributed by atoms with van der Waals surface area (Å²) in [5.74, 6) is 0. The molecule has 0 fully saturated rings. The first-order valence-corrected chi connectivity index (χ1v) is 2.68. The summed E-state index contributed by atoms with van der Waals surface area (Å²) in [6.07, 6.45) is 0. The number of nitrogens with zero attached hydrogens (tertiary/aromatic N) is 12. The van der Waals surface area contributed by atoms with Gasteiger partial charge in [-0.05, 0) is 0 Å². The fourth-order valence-electron chi connectivity index (χ4n) is 0. The Labute approximate surface area is 275 Å². The van der Waals surface area contributed by atoms with Gasteiger partial charge in [0, 0.05) is 0 Å². The van der Waals surface area contributed by atoms with Gasteiger partial charge in [-0.1, -0.05) is 0 Å². The Bertz CT molecular complexity index is 247. The molecule has 153 valence electrons. The molecule has 0 saturated carbocycles. The second-order valence-corrected chi connectivity index (χ2v) is 0. The molecule has 0 aliphatic carbocycles. The molecule has 18 heteroatoms. The van der Waals surface area contributed by atoms with Crippen LogP contribution in [0.15, 0.2) is 0 Å². The van der Waals surface area contributed by atoms with E-state index < -0.39 is 0 Å². The molecule has 0 aliphatic rings. The van der Waals surface area contributed by atoms with Gasteiger partial charge in [-0.25, -0.2) is 0 Å². The smallest absolute Gasteiger partial charge is 1.00 e. The molecule has 0 heterocycles. The largest absolute Gasteiger partial charge is 3.00 e. The minimum atomic E-state index is 0. The first-order valence-electron chi connectivity index (χ1n) is 2.68. The van der Waals surface area contributed by atoms with Gasteiger partial charge < -0.3 is 143 Å². The summed E-state index contributed by atoms with van der Waals surface area (Å²) in [7, 11) is 0. The van der Waals surface area contributed by atoms with Crippen LogP contribution in [-0.4, -0.2) is 0 Å². The summed E-state index contributed by atoms with van der Waals surface area (Å²) in [6.45, 7) is 57.0. The van der Waals surface area contributed by atoms with Gasteiger partial charge in [-0.15, -0.1) is 0 Å². The standard InChI is InChI=1S/12CN.3Co.2Fe.K.H/c12*1-2;;;;;;;/q12*-1;3*+2;2*+3;+1;-1. The van der Waals surface area contributed by atoms with Crippen LogP contribution < -0.4 is 51.4 Å². The van der Waals surface area contributed by atoms with Crippen LogP contribution >= 0.6 is 0 Å². The summed E-state index contributed by atoms with van der Waals surface area (Å²) in [5.41, 5.74) is 0. The number of hydrogen-bond donors (Lipinski definition) is 0. The van der Waals surface area contributed by atoms with Crippen LogP contribution in [0.4, 0.5) is 0 Å². The molecule has 0 aromatic rings. The van der Waals surface area contributed by atoms with Crippen molar-refractivity contribution in [2.24, 2.45) is 0 Å². The molecule has 0 bridgehead atoms. The van der Waals surface area contributed by atoms with Gasteiger partial charge >= 0.3 is 136 Å². The molecular weight excluding hydrogens is 640 g/mol. The topological polar surface area (TPSA) is 285 Å². The van der Waals surface area contributed by atoms with Crippen molar-refractivity contribution in [2.75, 3.05) is 0 Å². The van der Waals surface area contributed by atoms with E-state index in [0.29, 0.717) is 0 Å². The van der Waals surface area contributed by atoms with Crippen LogP contribution in [-0.2, 0) is 84.5 Å². The van der Waals surface area contributed by atoms with E-state index >= 15 is 0 Å². The molecule has 0 rings (SSSR count). The minimum Gasteiger partial charge on any atom is -1.00 e. The molecule has 12 nitrogen and oxygen atoms in total. The molecule has 0 aliphatic heterocycles. The average Bonchev–Trinajstić information content (AvgIpc) is 2.84. The van der Waals surface area contributed by atoms with Crippen LogP contribution in [0.2, 0.25) is 0 Å². The molecular formula is C12HCo3Fe2KN12. The molecule has 5 radical (unpaired) electrons. The van der Waals surface area contributed by atoms with Gasteiger partial charge in [-0.2, -0.15) is 0 Å². The van der Waals surface area contributed by atoms with Gasteiger partial charge in [0.15, 0.2) is 0 Å². The zero-order chi connectivity index (χ0) is 24.0. The zero-order valence-electron chi connectivity index (χ0n) is 15.1. The number of rotatable bonds is 0. The van der Waals surface area contributed by atoms with Crippen molar-refractivity contribution in [1.82, 2.24) is 0 Å². The van der Waals surface area contributed by atoms with Crippen molar-refractivity contribution in [1.29, 1.82) is 63.1 Å². The molecule has 0 N–H and O–H groups in total. The van der Waals surface area contributed by atoms with E-state index in [-0.39, 0.29) is 137 Å². The van der Waals surface area contributed by atoms with E-state index in [4.69, 9.17) is 142 Å². The third kappa shape index (κ3) is 4420. The van der Waals surface area contributed by atoms with Gasteiger partial charge in [0.05, 0.1) is 0 Å². The van der Waals surface area contributed by atoms with Crippen LogP contribution in [0.25, 0.3) is 0 Å². The fraction of sp³-hybridized carbons (Fsp3) is 0. The SMILES string of the molecule is [C-]#N.[C-]#N.[C-]#N.[C-]#N.[C-]#N.[C-]#N.[C-]#N.[C-]#N.[C-]#N.[C-]#N.[C-]#N.[C-]#N.[Co+2].[Co+2].[Co+2].[Fe+3].[Fe+3].[H-].[K+]. The molecule has 0 amide bonds. The molecule has 30 heavy (non-hydrogen) atoms.